The molecule has 0 aliphatic heterocycles. The van der Waals surface area contributed by atoms with Gasteiger partial charge in [0.1, 0.15) is 0 Å². The van der Waals surface area contributed by atoms with Crippen LogP contribution in [0.4, 0.5) is 0 Å². The van der Waals surface area contributed by atoms with Crippen LogP contribution in [0.2, 0.25) is 0 Å². The summed E-state index contributed by atoms with van der Waals surface area (Å²) in [5.41, 5.74) is 6.51. The fourth-order valence-electron chi connectivity index (χ4n) is 2.31. The molecule has 0 aliphatic rings. The van der Waals surface area contributed by atoms with Crippen molar-refractivity contribution in [1.29, 1.82) is 0 Å². The molecule has 3 N–H and O–H groups in total. The first-order chi connectivity index (χ1) is 9.98. The molecule has 0 fully saturated rings. The van der Waals surface area contributed by atoms with Gasteiger partial charge < -0.3 is 15.0 Å². The largest absolute Gasteiger partial charge is 0.383 e. The third-order valence-electron chi connectivity index (χ3n) is 3.27. The number of rotatable bonds is 10. The molecule has 1 aromatic heterocycles. The molecule has 1 unspecified atom stereocenters. The smallest absolute Gasteiger partial charge is 0.242 e. The highest BCUT2D eigenvalue weighted by molar-refractivity contribution is 7.89. The summed E-state index contributed by atoms with van der Waals surface area (Å²) in [5, 5.41) is 0. The maximum atomic E-state index is 12.5. The summed E-state index contributed by atoms with van der Waals surface area (Å²) in [6.07, 6.45) is 4.22. The van der Waals surface area contributed by atoms with Gasteiger partial charge in [0, 0.05) is 38.1 Å². The van der Waals surface area contributed by atoms with Gasteiger partial charge >= 0.3 is 0 Å². The summed E-state index contributed by atoms with van der Waals surface area (Å²) in [6, 6.07) is 1.44. The highest BCUT2D eigenvalue weighted by atomic mass is 32.2. The van der Waals surface area contributed by atoms with E-state index in [0.29, 0.717) is 13.2 Å². The van der Waals surface area contributed by atoms with Gasteiger partial charge in [0.15, 0.2) is 0 Å². The van der Waals surface area contributed by atoms with Gasteiger partial charge in [-0.3, -0.25) is 0 Å². The molecule has 0 bridgehead atoms. The number of nitrogens with zero attached hydrogens (tertiary/aromatic N) is 1. The first-order valence-electron chi connectivity index (χ1n) is 7.38. The predicted octanol–water partition coefficient (Wildman–Crippen LogP) is 1.45. The Morgan fingerprint density at radius 1 is 1.38 bits per heavy atom. The van der Waals surface area contributed by atoms with Gasteiger partial charge in [0.2, 0.25) is 10.0 Å². The van der Waals surface area contributed by atoms with Crippen LogP contribution in [0.1, 0.15) is 38.8 Å². The minimum Gasteiger partial charge on any atom is -0.383 e. The normalized spacial score (nSPS) is 13.5. The Balaban J connectivity index is 2.95. The zero-order chi connectivity index (χ0) is 15.9. The standard InChI is InChI=1S/C14H27N3O3S/c1-4-6-12(11-20-3)16-21(18,19)14-8-13(9-15)17(10-14)7-5-2/h8,10,12,16H,4-7,9,11,15H2,1-3H3. The van der Waals surface area contributed by atoms with Gasteiger partial charge in [-0.05, 0) is 18.9 Å². The Labute approximate surface area is 127 Å². The van der Waals surface area contributed by atoms with Crippen LogP contribution < -0.4 is 10.5 Å². The Morgan fingerprint density at radius 2 is 2.10 bits per heavy atom. The molecular formula is C14H27N3O3S. The third kappa shape index (κ3) is 5.10. The molecule has 0 aromatic carbocycles. The first kappa shape index (κ1) is 18.2. The van der Waals surface area contributed by atoms with E-state index < -0.39 is 10.0 Å². The molecule has 0 spiro atoms. The van der Waals surface area contributed by atoms with Crippen LogP contribution in [0.25, 0.3) is 0 Å². The highest BCUT2D eigenvalue weighted by Crippen LogP contribution is 2.16. The molecular weight excluding hydrogens is 290 g/mol. The molecule has 1 atom stereocenters. The average Bonchev–Trinajstić information content (AvgIpc) is 2.83. The van der Waals surface area contributed by atoms with E-state index in [0.717, 1.165) is 31.5 Å². The fourth-order valence-corrected chi connectivity index (χ4v) is 3.62. The van der Waals surface area contributed by atoms with E-state index in [-0.39, 0.29) is 10.9 Å². The first-order valence-corrected chi connectivity index (χ1v) is 8.87. The van der Waals surface area contributed by atoms with Crippen LogP contribution >= 0.6 is 0 Å². The topological polar surface area (TPSA) is 86.3 Å². The second-order valence-corrected chi connectivity index (χ2v) is 6.84. The van der Waals surface area contributed by atoms with E-state index in [1.54, 1.807) is 19.4 Å². The molecule has 7 heteroatoms. The lowest BCUT2D eigenvalue weighted by atomic mass is 10.2. The average molecular weight is 317 g/mol. The zero-order valence-corrected chi connectivity index (χ0v) is 13.9. The number of aromatic nitrogens is 1. The number of hydrogen-bond donors (Lipinski definition) is 2. The molecule has 0 amide bonds. The van der Waals surface area contributed by atoms with E-state index in [9.17, 15) is 8.42 Å². The van der Waals surface area contributed by atoms with Crippen molar-refractivity contribution in [3.8, 4) is 0 Å². The van der Waals surface area contributed by atoms with Crippen molar-refractivity contribution in [2.75, 3.05) is 13.7 Å². The van der Waals surface area contributed by atoms with Gasteiger partial charge in [0.25, 0.3) is 0 Å². The third-order valence-corrected chi connectivity index (χ3v) is 4.76. The lowest BCUT2D eigenvalue weighted by molar-refractivity contribution is 0.171. The number of nitrogens with two attached hydrogens (primary N) is 1. The Kier molecular flexibility index (Phi) is 7.37. The van der Waals surface area contributed by atoms with Gasteiger partial charge in [-0.15, -0.1) is 0 Å². The summed E-state index contributed by atoms with van der Waals surface area (Å²) in [7, 11) is -1.97. The Morgan fingerprint density at radius 3 is 2.62 bits per heavy atom. The monoisotopic (exact) mass is 317 g/mol. The van der Waals surface area contributed by atoms with Crippen molar-refractivity contribution < 1.29 is 13.2 Å². The van der Waals surface area contributed by atoms with Crippen molar-refractivity contribution in [2.45, 2.75) is 57.1 Å². The number of methoxy groups -OCH3 is 1. The number of aryl methyl sites for hydroxylation is 1. The van der Waals surface area contributed by atoms with Gasteiger partial charge in [-0.25, -0.2) is 13.1 Å². The molecule has 1 aromatic rings. The van der Waals surface area contributed by atoms with Crippen molar-refractivity contribution in [3.63, 3.8) is 0 Å². The van der Waals surface area contributed by atoms with Crippen molar-refractivity contribution in [3.05, 3.63) is 18.0 Å². The van der Waals surface area contributed by atoms with Crippen LogP contribution in [0, 0.1) is 0 Å². The lowest BCUT2D eigenvalue weighted by Gasteiger charge is -2.16. The van der Waals surface area contributed by atoms with Gasteiger partial charge in [-0.2, -0.15) is 0 Å². The SMILES string of the molecule is CCCC(COC)NS(=O)(=O)c1cc(CN)n(CCC)c1. The predicted molar refractivity (Wildman–Crippen MR) is 83.5 cm³/mol. The quantitative estimate of drug-likeness (QED) is 0.684. The molecule has 0 saturated heterocycles. The van der Waals surface area contributed by atoms with Crippen LogP contribution in [-0.4, -0.2) is 32.7 Å². The van der Waals surface area contributed by atoms with E-state index in [2.05, 4.69) is 4.72 Å². The maximum Gasteiger partial charge on any atom is 0.242 e. The van der Waals surface area contributed by atoms with Crippen LogP contribution in [0.3, 0.4) is 0 Å². The summed E-state index contributed by atoms with van der Waals surface area (Å²) < 4.78 is 34.6. The van der Waals surface area contributed by atoms with Crippen LogP contribution in [-0.2, 0) is 27.8 Å². The molecule has 0 saturated carbocycles. The Hall–Kier alpha value is -0.890. The maximum absolute atomic E-state index is 12.5. The number of nitrogens with one attached hydrogen (secondary N) is 1. The summed E-state index contributed by atoms with van der Waals surface area (Å²) in [6.45, 7) is 5.51. The summed E-state index contributed by atoms with van der Waals surface area (Å²) >= 11 is 0. The summed E-state index contributed by atoms with van der Waals surface area (Å²) in [4.78, 5) is 0.272. The fraction of sp³-hybridized carbons (Fsp3) is 0.714. The highest BCUT2D eigenvalue weighted by Gasteiger charge is 2.22. The van der Waals surface area contributed by atoms with Crippen molar-refractivity contribution in [2.24, 2.45) is 5.73 Å². The number of sulfonamides is 1. The van der Waals surface area contributed by atoms with Crippen LogP contribution in [0.5, 0.6) is 0 Å². The summed E-state index contributed by atoms with van der Waals surface area (Å²) in [5.74, 6) is 0. The molecule has 0 radical (unpaired) electrons. The van der Waals surface area contributed by atoms with Gasteiger partial charge in [0.05, 0.1) is 11.5 Å². The zero-order valence-electron chi connectivity index (χ0n) is 13.1. The minimum absolute atomic E-state index is 0.208. The van der Waals surface area contributed by atoms with E-state index >= 15 is 0 Å². The second-order valence-electron chi connectivity index (χ2n) is 5.13. The molecule has 1 rings (SSSR count). The van der Waals surface area contributed by atoms with Crippen molar-refractivity contribution in [1.82, 2.24) is 9.29 Å². The Bertz CT molecular complexity index is 520. The number of ether oxygens (including phenoxy) is 1. The minimum atomic E-state index is -3.54. The molecule has 21 heavy (non-hydrogen) atoms. The van der Waals surface area contributed by atoms with E-state index in [1.165, 1.54) is 0 Å². The van der Waals surface area contributed by atoms with E-state index in [1.807, 2.05) is 18.4 Å². The second kappa shape index (κ2) is 8.53. The van der Waals surface area contributed by atoms with Crippen molar-refractivity contribution >= 4 is 10.0 Å². The lowest BCUT2D eigenvalue weighted by Crippen LogP contribution is -2.37. The number of hydrogen-bond acceptors (Lipinski definition) is 4. The molecule has 0 aliphatic carbocycles. The van der Waals surface area contributed by atoms with Crippen LogP contribution in [0.15, 0.2) is 17.2 Å². The molecule has 1 heterocycles. The molecule has 122 valence electrons. The van der Waals surface area contributed by atoms with Gasteiger partial charge in [-0.1, -0.05) is 20.3 Å². The molecule has 6 nitrogen and oxygen atoms in total. The van der Waals surface area contributed by atoms with E-state index in [4.69, 9.17) is 10.5 Å².